The van der Waals surface area contributed by atoms with E-state index >= 15 is 0 Å². The highest BCUT2D eigenvalue weighted by atomic mass is 79.9. The number of fused-ring (bicyclic) bond motifs is 1. The molecule has 4 nitrogen and oxygen atoms in total. The van der Waals surface area contributed by atoms with E-state index in [2.05, 4.69) is 86.5 Å². The summed E-state index contributed by atoms with van der Waals surface area (Å²) in [5.74, 6) is 1.09. The Morgan fingerprint density at radius 3 is 2.36 bits per heavy atom. The number of aromatic nitrogens is 2. The van der Waals surface area contributed by atoms with Gasteiger partial charge in [0, 0.05) is 24.0 Å². The van der Waals surface area contributed by atoms with Crippen LogP contribution in [-0.2, 0) is 24.2 Å². The molecule has 0 fully saturated rings. The van der Waals surface area contributed by atoms with Gasteiger partial charge < -0.3 is 9.88 Å². The Kier molecular flexibility index (Phi) is 7.58. The molecule has 36 heavy (non-hydrogen) atoms. The first-order chi connectivity index (χ1) is 17.7. The Labute approximate surface area is 220 Å². The summed E-state index contributed by atoms with van der Waals surface area (Å²) in [5, 5.41) is 3.08. The van der Waals surface area contributed by atoms with E-state index in [0.717, 1.165) is 51.8 Å². The van der Waals surface area contributed by atoms with Crippen LogP contribution in [0.3, 0.4) is 0 Å². The van der Waals surface area contributed by atoms with Gasteiger partial charge in [0.15, 0.2) is 0 Å². The quantitative estimate of drug-likeness (QED) is 0.210. The number of hydrogen-bond donors (Lipinski definition) is 1. The minimum absolute atomic E-state index is 0.0464. The van der Waals surface area contributed by atoms with Gasteiger partial charge in [0.25, 0.3) is 0 Å². The lowest BCUT2D eigenvalue weighted by Crippen LogP contribution is -2.26. The van der Waals surface area contributed by atoms with Crippen molar-refractivity contribution >= 4 is 32.9 Å². The molecule has 1 aromatic heterocycles. The highest BCUT2D eigenvalue weighted by molar-refractivity contribution is 9.10. The Morgan fingerprint density at radius 1 is 0.806 bits per heavy atom. The number of para-hydroxylation sites is 2. The van der Waals surface area contributed by atoms with Crippen LogP contribution in [0, 0.1) is 0 Å². The van der Waals surface area contributed by atoms with Gasteiger partial charge in [0.2, 0.25) is 5.91 Å². The summed E-state index contributed by atoms with van der Waals surface area (Å²) in [5.41, 5.74) is 6.72. The number of carbonyl (C=O) groups excluding carboxylic acids is 1. The average molecular weight is 538 g/mol. The van der Waals surface area contributed by atoms with Crippen LogP contribution < -0.4 is 5.32 Å². The van der Waals surface area contributed by atoms with Gasteiger partial charge in [-0.15, -0.1) is 0 Å². The highest BCUT2D eigenvalue weighted by Gasteiger charge is 2.11. The van der Waals surface area contributed by atoms with E-state index in [4.69, 9.17) is 4.98 Å². The van der Waals surface area contributed by atoms with Crippen molar-refractivity contribution in [2.45, 2.75) is 25.8 Å². The number of nitrogens with zero attached hydrogens (tertiary/aromatic N) is 2. The number of amides is 1. The zero-order chi connectivity index (χ0) is 24.7. The molecule has 5 heteroatoms. The number of rotatable bonds is 9. The van der Waals surface area contributed by atoms with Crippen molar-refractivity contribution in [1.29, 1.82) is 0 Å². The molecular weight excluding hydrogens is 510 g/mol. The fourth-order valence-electron chi connectivity index (χ4n) is 4.48. The molecule has 0 bridgehead atoms. The first kappa shape index (κ1) is 24.0. The standard InChI is InChI=1S/C31H28BrN3O/c32-27-11-6-8-24(20-27)22-35-29-13-5-4-12-28(29)34-30(35)14-7-19-33-31(36)21-23-15-17-26(18-16-23)25-9-2-1-3-10-25/h1-6,8-13,15-18,20H,7,14,19,21-22H2,(H,33,36). The number of nitrogens with one attached hydrogen (secondary N) is 1. The number of halogens is 1. The molecule has 5 aromatic rings. The molecule has 0 aliphatic carbocycles. The summed E-state index contributed by atoms with van der Waals surface area (Å²) < 4.78 is 3.36. The summed E-state index contributed by atoms with van der Waals surface area (Å²) in [4.78, 5) is 17.4. The van der Waals surface area contributed by atoms with Crippen molar-refractivity contribution in [1.82, 2.24) is 14.9 Å². The van der Waals surface area contributed by atoms with Crippen molar-refractivity contribution in [3.63, 3.8) is 0 Å². The first-order valence-electron chi connectivity index (χ1n) is 12.3. The van der Waals surface area contributed by atoms with E-state index in [0.29, 0.717) is 13.0 Å². The van der Waals surface area contributed by atoms with Gasteiger partial charge in [-0.25, -0.2) is 4.98 Å². The van der Waals surface area contributed by atoms with Gasteiger partial charge >= 0.3 is 0 Å². The van der Waals surface area contributed by atoms with Crippen LogP contribution >= 0.6 is 15.9 Å². The number of carbonyl (C=O) groups is 1. The van der Waals surface area contributed by atoms with Gasteiger partial charge in [-0.3, -0.25) is 4.79 Å². The normalized spacial score (nSPS) is 11.0. The maximum Gasteiger partial charge on any atom is 0.224 e. The molecule has 0 spiro atoms. The van der Waals surface area contributed by atoms with Crippen molar-refractivity contribution in [3.8, 4) is 11.1 Å². The minimum Gasteiger partial charge on any atom is -0.356 e. The molecule has 1 N–H and O–H groups in total. The zero-order valence-electron chi connectivity index (χ0n) is 20.0. The first-order valence-corrected chi connectivity index (χ1v) is 13.0. The number of hydrogen-bond acceptors (Lipinski definition) is 2. The Morgan fingerprint density at radius 2 is 1.56 bits per heavy atom. The van der Waals surface area contributed by atoms with Crippen molar-refractivity contribution in [3.05, 3.63) is 125 Å². The molecule has 0 aliphatic heterocycles. The van der Waals surface area contributed by atoms with Crippen molar-refractivity contribution < 1.29 is 4.79 Å². The summed E-state index contributed by atoms with van der Waals surface area (Å²) in [7, 11) is 0. The highest BCUT2D eigenvalue weighted by Crippen LogP contribution is 2.21. The maximum absolute atomic E-state index is 12.5. The molecule has 0 aliphatic rings. The van der Waals surface area contributed by atoms with Crippen LogP contribution in [-0.4, -0.2) is 22.0 Å². The second kappa shape index (κ2) is 11.4. The second-order valence-corrected chi connectivity index (χ2v) is 9.84. The molecule has 1 amide bonds. The lowest BCUT2D eigenvalue weighted by Gasteiger charge is -2.11. The van der Waals surface area contributed by atoms with E-state index in [9.17, 15) is 4.79 Å². The predicted molar refractivity (Wildman–Crippen MR) is 150 cm³/mol. The molecular formula is C31H28BrN3O. The van der Waals surface area contributed by atoms with Crippen LogP contribution in [0.15, 0.2) is 108 Å². The molecule has 0 saturated heterocycles. The van der Waals surface area contributed by atoms with Crippen LogP contribution in [0.2, 0.25) is 0 Å². The SMILES string of the molecule is O=C(Cc1ccc(-c2ccccc2)cc1)NCCCc1nc2ccccc2n1Cc1cccc(Br)c1. The van der Waals surface area contributed by atoms with Crippen molar-refractivity contribution in [2.75, 3.05) is 6.54 Å². The smallest absolute Gasteiger partial charge is 0.224 e. The Balaban J connectivity index is 1.17. The predicted octanol–water partition coefficient (Wildman–Crippen LogP) is 6.81. The summed E-state index contributed by atoms with van der Waals surface area (Å²) in [6, 6.07) is 35.1. The van der Waals surface area contributed by atoms with Crippen LogP contribution in [0.4, 0.5) is 0 Å². The van der Waals surface area contributed by atoms with Crippen LogP contribution in [0.1, 0.15) is 23.4 Å². The molecule has 4 aromatic carbocycles. The molecule has 0 radical (unpaired) electrons. The van der Waals surface area contributed by atoms with Crippen LogP contribution in [0.5, 0.6) is 0 Å². The fourth-order valence-corrected chi connectivity index (χ4v) is 4.93. The third kappa shape index (κ3) is 5.92. The molecule has 0 saturated carbocycles. The van der Waals surface area contributed by atoms with Crippen molar-refractivity contribution in [2.24, 2.45) is 0 Å². The Hall–Kier alpha value is -3.70. The second-order valence-electron chi connectivity index (χ2n) is 8.93. The average Bonchev–Trinajstić information content (AvgIpc) is 3.25. The molecule has 0 atom stereocenters. The third-order valence-corrected chi connectivity index (χ3v) is 6.78. The lowest BCUT2D eigenvalue weighted by molar-refractivity contribution is -0.120. The topological polar surface area (TPSA) is 46.9 Å². The van der Waals surface area contributed by atoms with Gasteiger partial charge in [0.1, 0.15) is 5.82 Å². The molecule has 180 valence electrons. The summed E-state index contributed by atoms with van der Waals surface area (Å²) in [6.45, 7) is 1.39. The number of imidazole rings is 1. The van der Waals surface area contributed by atoms with E-state index in [-0.39, 0.29) is 5.91 Å². The van der Waals surface area contributed by atoms with E-state index in [1.54, 1.807) is 0 Å². The maximum atomic E-state index is 12.5. The third-order valence-electron chi connectivity index (χ3n) is 6.29. The minimum atomic E-state index is 0.0464. The molecule has 1 heterocycles. The Bertz CT molecular complexity index is 1460. The summed E-state index contributed by atoms with van der Waals surface area (Å²) in [6.07, 6.45) is 2.02. The molecule has 5 rings (SSSR count). The zero-order valence-corrected chi connectivity index (χ0v) is 21.6. The number of benzene rings is 4. The number of aryl methyl sites for hydroxylation is 1. The lowest BCUT2D eigenvalue weighted by atomic mass is 10.0. The van der Waals surface area contributed by atoms with E-state index in [1.807, 2.05) is 42.5 Å². The van der Waals surface area contributed by atoms with Gasteiger partial charge in [-0.2, -0.15) is 0 Å². The fraction of sp³-hybridized carbons (Fsp3) is 0.161. The van der Waals surface area contributed by atoms with Gasteiger partial charge in [-0.1, -0.05) is 94.8 Å². The van der Waals surface area contributed by atoms with Gasteiger partial charge in [0.05, 0.1) is 17.5 Å². The summed E-state index contributed by atoms with van der Waals surface area (Å²) >= 11 is 3.57. The monoisotopic (exact) mass is 537 g/mol. The van der Waals surface area contributed by atoms with Crippen LogP contribution in [0.25, 0.3) is 22.2 Å². The molecule has 0 unspecified atom stereocenters. The van der Waals surface area contributed by atoms with E-state index in [1.165, 1.54) is 11.1 Å². The van der Waals surface area contributed by atoms with Gasteiger partial charge in [-0.05, 0) is 52.9 Å². The largest absolute Gasteiger partial charge is 0.356 e. The van der Waals surface area contributed by atoms with E-state index < -0.39 is 0 Å².